The zero-order valence-electron chi connectivity index (χ0n) is 15.0. The molecule has 2 aromatic rings. The average Bonchev–Trinajstić information content (AvgIpc) is 3.08. The van der Waals surface area contributed by atoms with E-state index in [1.54, 1.807) is 31.4 Å². The standard InChI is InChI=1S/C19H23N3O3S/c1-13-4-3-9-22(11-13)17(23)10-15-12-26-19(20-15)21-18(24)14-5-7-16(25-2)8-6-14/h5-8,12-13H,3-4,9-11H2,1-2H3,(H,20,21,24). The van der Waals surface area contributed by atoms with E-state index in [2.05, 4.69) is 17.2 Å². The van der Waals surface area contributed by atoms with Gasteiger partial charge in [-0.15, -0.1) is 11.3 Å². The third-order valence-corrected chi connectivity index (χ3v) is 5.27. The summed E-state index contributed by atoms with van der Waals surface area (Å²) in [5.74, 6) is 1.13. The summed E-state index contributed by atoms with van der Waals surface area (Å²) in [6.07, 6.45) is 2.52. The Labute approximate surface area is 157 Å². The molecule has 0 saturated carbocycles. The molecule has 1 aliphatic rings. The average molecular weight is 373 g/mol. The largest absolute Gasteiger partial charge is 0.497 e. The first-order chi connectivity index (χ1) is 12.5. The van der Waals surface area contributed by atoms with E-state index < -0.39 is 0 Å². The number of nitrogens with one attached hydrogen (secondary N) is 1. The Morgan fingerprint density at radius 1 is 1.35 bits per heavy atom. The third kappa shape index (κ3) is 4.60. The van der Waals surface area contributed by atoms with Crippen LogP contribution in [-0.4, -0.2) is 41.9 Å². The number of aromatic nitrogens is 1. The van der Waals surface area contributed by atoms with Crippen LogP contribution in [0.15, 0.2) is 29.6 Å². The molecule has 1 aliphatic heterocycles. The molecule has 26 heavy (non-hydrogen) atoms. The quantitative estimate of drug-likeness (QED) is 0.874. The molecule has 2 amide bonds. The normalized spacial score (nSPS) is 17.0. The van der Waals surface area contributed by atoms with E-state index in [0.29, 0.717) is 28.1 Å². The van der Waals surface area contributed by atoms with E-state index in [1.807, 2.05) is 10.3 Å². The van der Waals surface area contributed by atoms with Crippen molar-refractivity contribution in [2.45, 2.75) is 26.2 Å². The van der Waals surface area contributed by atoms with Crippen molar-refractivity contribution in [1.82, 2.24) is 9.88 Å². The van der Waals surface area contributed by atoms with Gasteiger partial charge >= 0.3 is 0 Å². The van der Waals surface area contributed by atoms with Gasteiger partial charge in [0, 0.05) is 24.0 Å². The number of thiazole rings is 1. The number of rotatable bonds is 5. The van der Waals surface area contributed by atoms with Crippen LogP contribution in [0.25, 0.3) is 0 Å². The molecule has 1 saturated heterocycles. The molecule has 3 rings (SSSR count). The summed E-state index contributed by atoms with van der Waals surface area (Å²) in [6, 6.07) is 6.87. The number of methoxy groups -OCH3 is 1. The highest BCUT2D eigenvalue weighted by molar-refractivity contribution is 7.14. The molecule has 0 radical (unpaired) electrons. The highest BCUT2D eigenvalue weighted by atomic mass is 32.1. The van der Waals surface area contributed by atoms with Crippen LogP contribution in [0.4, 0.5) is 5.13 Å². The van der Waals surface area contributed by atoms with Gasteiger partial charge in [0.2, 0.25) is 5.91 Å². The van der Waals surface area contributed by atoms with Crippen LogP contribution < -0.4 is 10.1 Å². The fraction of sp³-hybridized carbons (Fsp3) is 0.421. The zero-order chi connectivity index (χ0) is 18.5. The van der Waals surface area contributed by atoms with Crippen molar-refractivity contribution in [2.75, 3.05) is 25.5 Å². The monoisotopic (exact) mass is 373 g/mol. The Kier molecular flexibility index (Phi) is 5.88. The van der Waals surface area contributed by atoms with E-state index in [1.165, 1.54) is 17.8 Å². The highest BCUT2D eigenvalue weighted by Gasteiger charge is 2.21. The van der Waals surface area contributed by atoms with Gasteiger partial charge < -0.3 is 9.64 Å². The van der Waals surface area contributed by atoms with Crippen molar-refractivity contribution in [1.29, 1.82) is 0 Å². The van der Waals surface area contributed by atoms with Gasteiger partial charge in [0.1, 0.15) is 5.75 Å². The number of nitrogens with zero attached hydrogens (tertiary/aromatic N) is 2. The topological polar surface area (TPSA) is 71.5 Å². The lowest BCUT2D eigenvalue weighted by Crippen LogP contribution is -2.39. The van der Waals surface area contributed by atoms with Crippen LogP contribution in [0.2, 0.25) is 0 Å². The van der Waals surface area contributed by atoms with Gasteiger partial charge in [0.25, 0.3) is 5.91 Å². The SMILES string of the molecule is COc1ccc(C(=O)Nc2nc(CC(=O)N3CCCC(C)C3)cs2)cc1. The predicted molar refractivity (Wildman–Crippen MR) is 102 cm³/mol. The molecule has 0 aliphatic carbocycles. The van der Waals surface area contributed by atoms with E-state index in [4.69, 9.17) is 4.74 Å². The van der Waals surface area contributed by atoms with Gasteiger partial charge in [-0.2, -0.15) is 0 Å². The zero-order valence-corrected chi connectivity index (χ0v) is 15.8. The summed E-state index contributed by atoms with van der Waals surface area (Å²) in [5.41, 5.74) is 1.23. The minimum Gasteiger partial charge on any atom is -0.497 e. The minimum atomic E-state index is -0.232. The van der Waals surface area contributed by atoms with Crippen LogP contribution >= 0.6 is 11.3 Å². The number of ether oxygens (including phenoxy) is 1. The molecule has 1 fully saturated rings. The molecule has 6 nitrogen and oxygen atoms in total. The predicted octanol–water partition coefficient (Wildman–Crippen LogP) is 3.21. The Balaban J connectivity index is 1.57. The fourth-order valence-corrected chi connectivity index (χ4v) is 3.75. The molecule has 138 valence electrons. The lowest BCUT2D eigenvalue weighted by atomic mass is 10.00. The van der Waals surface area contributed by atoms with E-state index >= 15 is 0 Å². The Morgan fingerprint density at radius 2 is 2.12 bits per heavy atom. The molecular weight excluding hydrogens is 350 g/mol. The highest BCUT2D eigenvalue weighted by Crippen LogP contribution is 2.20. The molecule has 1 aromatic heterocycles. The molecule has 1 atom stereocenters. The fourth-order valence-electron chi connectivity index (χ4n) is 3.04. The number of likely N-dealkylation sites (tertiary alicyclic amines) is 1. The molecule has 2 heterocycles. The first-order valence-electron chi connectivity index (χ1n) is 8.72. The summed E-state index contributed by atoms with van der Waals surface area (Å²) in [6.45, 7) is 3.83. The van der Waals surface area contributed by atoms with Gasteiger partial charge in [-0.1, -0.05) is 6.92 Å². The van der Waals surface area contributed by atoms with Crippen LogP contribution in [-0.2, 0) is 11.2 Å². The van der Waals surface area contributed by atoms with Crippen LogP contribution in [0.1, 0.15) is 35.8 Å². The van der Waals surface area contributed by atoms with Gasteiger partial charge in [0.15, 0.2) is 5.13 Å². The van der Waals surface area contributed by atoms with Crippen molar-refractivity contribution in [3.63, 3.8) is 0 Å². The summed E-state index contributed by atoms with van der Waals surface area (Å²) < 4.78 is 5.09. The smallest absolute Gasteiger partial charge is 0.257 e. The van der Waals surface area contributed by atoms with E-state index in [0.717, 1.165) is 19.5 Å². The van der Waals surface area contributed by atoms with Crippen molar-refractivity contribution in [2.24, 2.45) is 5.92 Å². The molecule has 0 bridgehead atoms. The number of amides is 2. The third-order valence-electron chi connectivity index (χ3n) is 4.47. The number of benzene rings is 1. The number of piperidine rings is 1. The first kappa shape index (κ1) is 18.4. The molecular formula is C19H23N3O3S. The van der Waals surface area contributed by atoms with Crippen molar-refractivity contribution in [3.8, 4) is 5.75 Å². The molecule has 1 N–H and O–H groups in total. The van der Waals surface area contributed by atoms with E-state index in [9.17, 15) is 9.59 Å². The van der Waals surface area contributed by atoms with Crippen molar-refractivity contribution < 1.29 is 14.3 Å². The molecule has 0 spiro atoms. The van der Waals surface area contributed by atoms with Crippen LogP contribution in [0.3, 0.4) is 0 Å². The maximum atomic E-state index is 12.4. The number of carbonyl (C=O) groups excluding carboxylic acids is 2. The Morgan fingerprint density at radius 3 is 2.81 bits per heavy atom. The maximum Gasteiger partial charge on any atom is 0.257 e. The Hall–Kier alpha value is -2.41. The lowest BCUT2D eigenvalue weighted by Gasteiger charge is -2.30. The second-order valence-corrected chi connectivity index (χ2v) is 7.45. The summed E-state index contributed by atoms with van der Waals surface area (Å²) >= 11 is 1.33. The summed E-state index contributed by atoms with van der Waals surface area (Å²) in [7, 11) is 1.58. The summed E-state index contributed by atoms with van der Waals surface area (Å²) in [4.78, 5) is 31.0. The number of hydrogen-bond donors (Lipinski definition) is 1. The first-order valence-corrected chi connectivity index (χ1v) is 9.60. The Bertz CT molecular complexity index is 773. The minimum absolute atomic E-state index is 0.106. The number of carbonyl (C=O) groups is 2. The second-order valence-electron chi connectivity index (χ2n) is 6.59. The lowest BCUT2D eigenvalue weighted by molar-refractivity contribution is -0.132. The van der Waals surface area contributed by atoms with Crippen LogP contribution in [0, 0.1) is 5.92 Å². The molecule has 1 unspecified atom stereocenters. The van der Waals surface area contributed by atoms with Gasteiger partial charge in [-0.05, 0) is 43.0 Å². The molecule has 1 aromatic carbocycles. The summed E-state index contributed by atoms with van der Waals surface area (Å²) in [5, 5.41) is 5.11. The molecule has 7 heteroatoms. The van der Waals surface area contributed by atoms with Crippen molar-refractivity contribution >= 4 is 28.3 Å². The van der Waals surface area contributed by atoms with Gasteiger partial charge in [-0.25, -0.2) is 4.98 Å². The van der Waals surface area contributed by atoms with Crippen molar-refractivity contribution in [3.05, 3.63) is 40.9 Å². The van der Waals surface area contributed by atoms with Gasteiger partial charge in [-0.3, -0.25) is 14.9 Å². The van der Waals surface area contributed by atoms with Crippen LogP contribution in [0.5, 0.6) is 5.75 Å². The van der Waals surface area contributed by atoms with Gasteiger partial charge in [0.05, 0.1) is 19.2 Å². The number of hydrogen-bond acceptors (Lipinski definition) is 5. The van der Waals surface area contributed by atoms with E-state index in [-0.39, 0.29) is 18.2 Å². The maximum absolute atomic E-state index is 12.4. The number of anilines is 1. The second kappa shape index (κ2) is 8.31.